The third kappa shape index (κ3) is 2.56. The van der Waals surface area contributed by atoms with E-state index in [9.17, 15) is 4.79 Å². The maximum Gasteiger partial charge on any atom is 0.337 e. The summed E-state index contributed by atoms with van der Waals surface area (Å²) in [6.45, 7) is 6.00. The molecule has 0 aliphatic heterocycles. The molecule has 0 amide bonds. The van der Waals surface area contributed by atoms with Gasteiger partial charge in [0.15, 0.2) is 5.82 Å². The molecule has 1 aromatic heterocycles. The van der Waals surface area contributed by atoms with Crippen LogP contribution in [0.4, 0.5) is 17.2 Å². The van der Waals surface area contributed by atoms with Gasteiger partial charge in [0, 0.05) is 11.9 Å². The number of aromatic nitrogens is 1. The zero-order chi connectivity index (χ0) is 14.9. The average molecular weight is 271 g/mol. The van der Waals surface area contributed by atoms with Gasteiger partial charge in [-0.25, -0.2) is 9.78 Å². The molecule has 2 aromatic rings. The lowest BCUT2D eigenvalue weighted by molar-refractivity contribution is 0.0698. The number of anilines is 3. The molecule has 5 heteroatoms. The van der Waals surface area contributed by atoms with Gasteiger partial charge in [-0.1, -0.05) is 17.7 Å². The highest BCUT2D eigenvalue weighted by Crippen LogP contribution is 2.28. The lowest BCUT2D eigenvalue weighted by atomic mass is 10.0. The number of rotatable bonds is 3. The smallest absolute Gasteiger partial charge is 0.337 e. The summed E-state index contributed by atoms with van der Waals surface area (Å²) in [5.41, 5.74) is 10.2. The number of nitrogens with one attached hydrogen (secondary N) is 1. The molecule has 2 rings (SSSR count). The Balaban J connectivity index is 2.46. The number of nitrogens with zero attached hydrogens (tertiary/aromatic N) is 1. The van der Waals surface area contributed by atoms with Gasteiger partial charge in [-0.05, 0) is 38.0 Å². The molecular weight excluding hydrogens is 254 g/mol. The van der Waals surface area contributed by atoms with Crippen LogP contribution in [-0.4, -0.2) is 16.1 Å². The van der Waals surface area contributed by atoms with Gasteiger partial charge in [-0.2, -0.15) is 0 Å². The van der Waals surface area contributed by atoms with Crippen molar-refractivity contribution >= 4 is 23.2 Å². The Morgan fingerprint density at radius 2 is 1.85 bits per heavy atom. The fraction of sp³-hybridized carbons (Fsp3) is 0.200. The molecule has 104 valence electrons. The lowest BCUT2D eigenvalue weighted by Crippen LogP contribution is -2.08. The van der Waals surface area contributed by atoms with Gasteiger partial charge in [0.05, 0.1) is 11.3 Å². The molecular formula is C15H17N3O2. The minimum atomic E-state index is -1.06. The highest BCUT2D eigenvalue weighted by molar-refractivity contribution is 5.96. The van der Waals surface area contributed by atoms with Gasteiger partial charge < -0.3 is 16.2 Å². The predicted octanol–water partition coefficient (Wildman–Crippen LogP) is 3.03. The number of pyridine rings is 1. The van der Waals surface area contributed by atoms with E-state index in [1.807, 2.05) is 32.9 Å². The minimum absolute atomic E-state index is 0.0462. The molecule has 20 heavy (non-hydrogen) atoms. The number of aryl methyl sites for hydroxylation is 3. The Morgan fingerprint density at radius 1 is 1.25 bits per heavy atom. The Bertz CT molecular complexity index is 658. The molecule has 0 saturated heterocycles. The number of carboxylic acid groups (broad SMARTS) is 1. The zero-order valence-corrected chi connectivity index (χ0v) is 11.7. The largest absolute Gasteiger partial charge is 0.478 e. The van der Waals surface area contributed by atoms with Crippen molar-refractivity contribution in [1.29, 1.82) is 0 Å². The fourth-order valence-electron chi connectivity index (χ4n) is 2.25. The van der Waals surface area contributed by atoms with Crippen molar-refractivity contribution in [1.82, 2.24) is 4.98 Å². The number of aromatic carboxylic acids is 1. The van der Waals surface area contributed by atoms with E-state index < -0.39 is 5.97 Å². The van der Waals surface area contributed by atoms with E-state index in [0.717, 1.165) is 16.8 Å². The third-order valence-electron chi connectivity index (χ3n) is 3.14. The summed E-state index contributed by atoms with van der Waals surface area (Å²) in [4.78, 5) is 15.2. The minimum Gasteiger partial charge on any atom is -0.478 e. The van der Waals surface area contributed by atoms with Crippen LogP contribution in [-0.2, 0) is 0 Å². The maximum atomic E-state index is 11.1. The van der Waals surface area contributed by atoms with Gasteiger partial charge in [-0.3, -0.25) is 0 Å². The van der Waals surface area contributed by atoms with Crippen LogP contribution in [0.2, 0.25) is 0 Å². The van der Waals surface area contributed by atoms with Crippen molar-refractivity contribution in [3.8, 4) is 0 Å². The van der Waals surface area contributed by atoms with Crippen LogP contribution >= 0.6 is 0 Å². The summed E-state index contributed by atoms with van der Waals surface area (Å²) in [7, 11) is 0. The highest BCUT2D eigenvalue weighted by atomic mass is 16.4. The molecule has 5 nitrogen and oxygen atoms in total. The van der Waals surface area contributed by atoms with E-state index in [0.29, 0.717) is 5.82 Å². The topological polar surface area (TPSA) is 88.2 Å². The van der Waals surface area contributed by atoms with E-state index in [1.54, 1.807) is 0 Å². The first-order valence-corrected chi connectivity index (χ1v) is 6.22. The van der Waals surface area contributed by atoms with Crippen LogP contribution in [0.15, 0.2) is 24.4 Å². The highest BCUT2D eigenvalue weighted by Gasteiger charge is 2.13. The molecule has 0 radical (unpaired) electrons. The molecule has 0 spiro atoms. The zero-order valence-electron chi connectivity index (χ0n) is 11.7. The molecule has 4 N–H and O–H groups in total. The van der Waals surface area contributed by atoms with Gasteiger partial charge in [-0.15, -0.1) is 0 Å². The average Bonchev–Trinajstić information content (AvgIpc) is 2.35. The first kappa shape index (κ1) is 13.9. The predicted molar refractivity (Wildman–Crippen MR) is 79.5 cm³/mol. The first-order chi connectivity index (χ1) is 9.40. The van der Waals surface area contributed by atoms with E-state index in [-0.39, 0.29) is 11.3 Å². The molecule has 1 aromatic carbocycles. The normalized spacial score (nSPS) is 10.3. The number of nitrogens with two attached hydrogens (primary N) is 1. The van der Waals surface area contributed by atoms with E-state index in [2.05, 4.69) is 10.3 Å². The van der Waals surface area contributed by atoms with Crippen molar-refractivity contribution in [2.45, 2.75) is 20.8 Å². The van der Waals surface area contributed by atoms with Crippen molar-refractivity contribution in [3.05, 3.63) is 46.6 Å². The summed E-state index contributed by atoms with van der Waals surface area (Å²) >= 11 is 0. The Morgan fingerprint density at radius 3 is 2.40 bits per heavy atom. The Hall–Kier alpha value is -2.56. The number of hydrogen-bond acceptors (Lipinski definition) is 4. The molecule has 0 aliphatic carbocycles. The molecule has 0 unspecified atom stereocenters. The summed E-state index contributed by atoms with van der Waals surface area (Å²) in [5, 5.41) is 12.2. The maximum absolute atomic E-state index is 11.1. The number of carbonyl (C=O) groups is 1. The molecule has 0 saturated carbocycles. The third-order valence-corrected chi connectivity index (χ3v) is 3.14. The van der Waals surface area contributed by atoms with Crippen molar-refractivity contribution in [3.63, 3.8) is 0 Å². The first-order valence-electron chi connectivity index (χ1n) is 6.22. The number of carboxylic acids is 1. The van der Waals surface area contributed by atoms with E-state index >= 15 is 0 Å². The van der Waals surface area contributed by atoms with Crippen LogP contribution in [0.5, 0.6) is 0 Å². The van der Waals surface area contributed by atoms with Crippen LogP contribution in [0.3, 0.4) is 0 Å². The molecule has 0 fully saturated rings. The number of nitrogen functional groups attached to an aromatic ring is 1. The molecule has 0 atom stereocenters. The second-order valence-electron chi connectivity index (χ2n) is 4.82. The van der Waals surface area contributed by atoms with Gasteiger partial charge in [0.25, 0.3) is 0 Å². The van der Waals surface area contributed by atoms with E-state index in [1.165, 1.54) is 17.8 Å². The summed E-state index contributed by atoms with van der Waals surface area (Å²) in [5.74, 6) is -0.703. The number of benzene rings is 1. The SMILES string of the molecule is Cc1cc(C)c(Nc2nccc(C(=O)O)c2N)c(C)c1. The lowest BCUT2D eigenvalue weighted by Gasteiger charge is -2.15. The van der Waals surface area contributed by atoms with E-state index in [4.69, 9.17) is 10.8 Å². The Labute approximate surface area is 117 Å². The van der Waals surface area contributed by atoms with Crippen LogP contribution < -0.4 is 11.1 Å². The van der Waals surface area contributed by atoms with Gasteiger partial charge in [0.1, 0.15) is 0 Å². The summed E-state index contributed by atoms with van der Waals surface area (Å²) in [6.07, 6.45) is 1.43. The summed E-state index contributed by atoms with van der Waals surface area (Å²) in [6, 6.07) is 5.48. The molecule has 0 bridgehead atoms. The Kier molecular flexibility index (Phi) is 3.61. The monoisotopic (exact) mass is 271 g/mol. The molecule has 0 aliphatic rings. The van der Waals surface area contributed by atoms with Crippen molar-refractivity contribution in [2.75, 3.05) is 11.1 Å². The van der Waals surface area contributed by atoms with Crippen molar-refractivity contribution in [2.24, 2.45) is 0 Å². The number of hydrogen-bond donors (Lipinski definition) is 3. The second-order valence-corrected chi connectivity index (χ2v) is 4.82. The summed E-state index contributed by atoms with van der Waals surface area (Å²) < 4.78 is 0. The van der Waals surface area contributed by atoms with Gasteiger partial charge >= 0.3 is 5.97 Å². The molecule has 1 heterocycles. The van der Waals surface area contributed by atoms with Crippen LogP contribution in [0.25, 0.3) is 0 Å². The standard InChI is InChI=1S/C15H17N3O2/c1-8-6-9(2)13(10(3)7-8)18-14-12(16)11(15(19)20)4-5-17-14/h4-7H,16H2,1-3H3,(H,17,18)(H,19,20). The van der Waals surface area contributed by atoms with Gasteiger partial charge in [0.2, 0.25) is 0 Å². The van der Waals surface area contributed by atoms with Crippen LogP contribution in [0.1, 0.15) is 27.0 Å². The fourth-order valence-corrected chi connectivity index (χ4v) is 2.25. The van der Waals surface area contributed by atoms with Crippen molar-refractivity contribution < 1.29 is 9.90 Å². The van der Waals surface area contributed by atoms with Crippen LogP contribution in [0, 0.1) is 20.8 Å². The second kappa shape index (κ2) is 5.21. The quantitative estimate of drug-likeness (QED) is 0.798.